The minimum atomic E-state index is -2.69. The molecule has 0 radical (unpaired) electrons. The van der Waals surface area contributed by atoms with Crippen LogP contribution in [0.15, 0.2) is 6.07 Å². The van der Waals surface area contributed by atoms with Gasteiger partial charge in [0.2, 0.25) is 0 Å². The van der Waals surface area contributed by atoms with Gasteiger partial charge in [0.15, 0.2) is 0 Å². The first-order chi connectivity index (χ1) is 6.65. The molecule has 2 heterocycles. The Balaban J connectivity index is 1.83. The molecule has 1 aliphatic rings. The Bertz CT molecular complexity index is 314. The van der Waals surface area contributed by atoms with Gasteiger partial charge in [-0.25, -0.2) is 0 Å². The van der Waals surface area contributed by atoms with Gasteiger partial charge in [-0.15, -0.1) is 0 Å². The molecular formula is C7H9F2N3OS. The van der Waals surface area contributed by atoms with Gasteiger partial charge in [0, 0.05) is 19.2 Å². The van der Waals surface area contributed by atoms with Gasteiger partial charge in [0.05, 0.1) is 6.10 Å². The number of anilines is 2. The van der Waals surface area contributed by atoms with E-state index in [-0.39, 0.29) is 6.10 Å². The summed E-state index contributed by atoms with van der Waals surface area (Å²) in [6, 6.07) is 1.73. The quantitative estimate of drug-likeness (QED) is 0.832. The Morgan fingerprint density at radius 2 is 2.36 bits per heavy atom. The van der Waals surface area contributed by atoms with Crippen molar-refractivity contribution < 1.29 is 13.5 Å². The van der Waals surface area contributed by atoms with Crippen molar-refractivity contribution >= 4 is 22.4 Å². The van der Waals surface area contributed by atoms with Crippen LogP contribution < -0.4 is 10.6 Å². The first-order valence-corrected chi connectivity index (χ1v) is 4.83. The van der Waals surface area contributed by atoms with E-state index in [1.165, 1.54) is 11.5 Å². The Morgan fingerprint density at radius 3 is 2.86 bits per heavy atom. The minimum absolute atomic E-state index is 0.377. The standard InChI is InChI=1S/C7H9F2N3OS/c8-7(9)13-4-2-12(3-4)6-1-5(10)11-14-6/h1,4,7H,2-3H2,(H2,10,11). The molecule has 1 aromatic rings. The van der Waals surface area contributed by atoms with Crippen LogP contribution in [0.25, 0.3) is 0 Å². The van der Waals surface area contributed by atoms with Crippen molar-refractivity contribution in [1.29, 1.82) is 0 Å². The van der Waals surface area contributed by atoms with Crippen LogP contribution in [-0.4, -0.2) is 30.2 Å². The molecular weight excluding hydrogens is 212 g/mol. The lowest BCUT2D eigenvalue weighted by atomic mass is 10.2. The topological polar surface area (TPSA) is 51.4 Å². The highest BCUT2D eigenvalue weighted by atomic mass is 32.1. The third-order valence-corrected chi connectivity index (χ3v) is 2.84. The van der Waals surface area contributed by atoms with Crippen molar-refractivity contribution in [3.05, 3.63) is 6.07 Å². The maximum atomic E-state index is 11.8. The molecule has 0 amide bonds. The fourth-order valence-electron chi connectivity index (χ4n) is 1.28. The number of rotatable bonds is 3. The molecule has 78 valence electrons. The van der Waals surface area contributed by atoms with Crippen molar-refractivity contribution in [2.24, 2.45) is 0 Å². The summed E-state index contributed by atoms with van der Waals surface area (Å²) in [6.07, 6.45) is -0.377. The minimum Gasteiger partial charge on any atom is -0.383 e. The average Bonchev–Trinajstić information content (AvgIpc) is 2.42. The maximum absolute atomic E-state index is 11.8. The molecule has 1 aliphatic heterocycles. The second-order valence-corrected chi connectivity index (χ2v) is 3.80. The molecule has 0 saturated carbocycles. The van der Waals surface area contributed by atoms with E-state index >= 15 is 0 Å². The highest BCUT2D eigenvalue weighted by molar-refractivity contribution is 7.10. The number of nitrogen functional groups attached to an aromatic ring is 1. The number of halogens is 2. The highest BCUT2D eigenvalue weighted by Crippen LogP contribution is 2.28. The van der Waals surface area contributed by atoms with Gasteiger partial charge < -0.3 is 15.4 Å². The van der Waals surface area contributed by atoms with Crippen LogP contribution in [0.5, 0.6) is 0 Å². The molecule has 0 unspecified atom stereocenters. The van der Waals surface area contributed by atoms with Crippen molar-refractivity contribution in [1.82, 2.24) is 4.37 Å². The molecule has 0 aromatic carbocycles. The van der Waals surface area contributed by atoms with E-state index in [2.05, 4.69) is 9.11 Å². The highest BCUT2D eigenvalue weighted by Gasteiger charge is 2.31. The molecule has 1 saturated heterocycles. The molecule has 14 heavy (non-hydrogen) atoms. The van der Waals surface area contributed by atoms with Crippen molar-refractivity contribution in [3.8, 4) is 0 Å². The Kier molecular flexibility index (Phi) is 2.51. The SMILES string of the molecule is Nc1cc(N2CC(OC(F)F)C2)sn1. The van der Waals surface area contributed by atoms with Gasteiger partial charge in [0.1, 0.15) is 10.8 Å². The second-order valence-electron chi connectivity index (χ2n) is 3.01. The fourth-order valence-corrected chi connectivity index (χ4v) is 1.97. The second kappa shape index (κ2) is 3.66. The summed E-state index contributed by atoms with van der Waals surface area (Å²) in [6.45, 7) is -1.73. The number of hydrogen-bond donors (Lipinski definition) is 1. The fraction of sp³-hybridized carbons (Fsp3) is 0.571. The van der Waals surface area contributed by atoms with E-state index in [9.17, 15) is 8.78 Å². The van der Waals surface area contributed by atoms with Crippen molar-refractivity contribution in [2.75, 3.05) is 23.7 Å². The molecule has 1 aromatic heterocycles. The zero-order chi connectivity index (χ0) is 10.1. The van der Waals surface area contributed by atoms with Crippen LogP contribution in [0.3, 0.4) is 0 Å². The lowest BCUT2D eigenvalue weighted by Gasteiger charge is -2.38. The van der Waals surface area contributed by atoms with Gasteiger partial charge in [-0.3, -0.25) is 0 Å². The van der Waals surface area contributed by atoms with Gasteiger partial charge in [0.25, 0.3) is 0 Å². The predicted octanol–water partition coefficient (Wildman–Crippen LogP) is 1.15. The summed E-state index contributed by atoms with van der Waals surface area (Å²) < 4.78 is 31.8. The van der Waals surface area contributed by atoms with Gasteiger partial charge in [-0.1, -0.05) is 0 Å². The van der Waals surface area contributed by atoms with Crippen LogP contribution in [0, 0.1) is 0 Å². The number of aromatic nitrogens is 1. The maximum Gasteiger partial charge on any atom is 0.345 e. The molecule has 7 heteroatoms. The van der Waals surface area contributed by atoms with Crippen molar-refractivity contribution in [3.63, 3.8) is 0 Å². The summed E-state index contributed by atoms with van der Waals surface area (Å²) in [5, 5.41) is 0.900. The van der Waals surface area contributed by atoms with E-state index in [1.54, 1.807) is 6.07 Å². The Labute approximate surface area is 83.4 Å². The van der Waals surface area contributed by atoms with Crippen LogP contribution in [0.1, 0.15) is 0 Å². The first-order valence-electron chi connectivity index (χ1n) is 4.06. The third kappa shape index (κ3) is 1.93. The normalized spacial score (nSPS) is 17.5. The summed E-state index contributed by atoms with van der Waals surface area (Å²) in [5.74, 6) is 0.461. The van der Waals surface area contributed by atoms with Gasteiger partial charge >= 0.3 is 6.61 Å². The van der Waals surface area contributed by atoms with E-state index in [4.69, 9.17) is 5.73 Å². The Morgan fingerprint density at radius 1 is 1.64 bits per heavy atom. The Hall–Kier alpha value is -0.950. The summed E-state index contributed by atoms with van der Waals surface area (Å²) in [5.41, 5.74) is 5.43. The van der Waals surface area contributed by atoms with Crippen LogP contribution in [-0.2, 0) is 4.74 Å². The summed E-state index contributed by atoms with van der Waals surface area (Å²) in [4.78, 5) is 1.90. The summed E-state index contributed by atoms with van der Waals surface area (Å²) in [7, 11) is 0. The number of ether oxygens (including phenoxy) is 1. The zero-order valence-corrected chi connectivity index (χ0v) is 8.01. The van der Waals surface area contributed by atoms with Crippen molar-refractivity contribution in [2.45, 2.75) is 12.7 Å². The molecule has 0 bridgehead atoms. The van der Waals surface area contributed by atoms with E-state index in [1.807, 2.05) is 4.90 Å². The number of alkyl halides is 2. The number of nitrogens with two attached hydrogens (primary N) is 1. The van der Waals surface area contributed by atoms with Crippen LogP contribution >= 0.6 is 11.5 Å². The molecule has 2 N–H and O–H groups in total. The smallest absolute Gasteiger partial charge is 0.345 e. The average molecular weight is 221 g/mol. The van der Waals surface area contributed by atoms with E-state index < -0.39 is 6.61 Å². The lowest BCUT2D eigenvalue weighted by molar-refractivity contribution is -0.167. The predicted molar refractivity (Wildman–Crippen MR) is 49.6 cm³/mol. The summed E-state index contributed by atoms with van der Waals surface area (Å²) >= 11 is 1.26. The molecule has 4 nitrogen and oxygen atoms in total. The van der Waals surface area contributed by atoms with Gasteiger partial charge in [-0.05, 0) is 11.5 Å². The van der Waals surface area contributed by atoms with Gasteiger partial charge in [-0.2, -0.15) is 13.2 Å². The molecule has 2 rings (SSSR count). The number of nitrogens with zero attached hydrogens (tertiary/aromatic N) is 2. The van der Waals surface area contributed by atoms with E-state index in [0.717, 1.165) is 5.00 Å². The first kappa shape index (κ1) is 9.60. The monoisotopic (exact) mass is 221 g/mol. The zero-order valence-electron chi connectivity index (χ0n) is 7.19. The molecule has 0 spiro atoms. The molecule has 1 fully saturated rings. The third-order valence-electron chi connectivity index (χ3n) is 1.97. The lowest BCUT2D eigenvalue weighted by Crippen LogP contribution is -2.52. The molecule has 0 aliphatic carbocycles. The van der Waals surface area contributed by atoms with E-state index in [0.29, 0.717) is 18.9 Å². The van der Waals surface area contributed by atoms with Crippen LogP contribution in [0.2, 0.25) is 0 Å². The molecule has 0 atom stereocenters. The largest absolute Gasteiger partial charge is 0.383 e. The number of hydrogen-bond acceptors (Lipinski definition) is 5. The van der Waals surface area contributed by atoms with Crippen LogP contribution in [0.4, 0.5) is 19.6 Å².